The van der Waals surface area contributed by atoms with Crippen molar-refractivity contribution in [2.45, 2.75) is 27.2 Å². The summed E-state index contributed by atoms with van der Waals surface area (Å²) in [4.78, 5) is 30.6. The molecule has 1 N–H and O–H groups in total. The van der Waals surface area contributed by atoms with Gasteiger partial charge < -0.3 is 14.5 Å². The lowest BCUT2D eigenvalue weighted by atomic mass is 10.1. The van der Waals surface area contributed by atoms with E-state index in [9.17, 15) is 9.59 Å². The first-order valence-corrected chi connectivity index (χ1v) is 7.10. The standard InChI is InChI=1S/C16H18N2O4/c1-4-12-13(22-16(20)21-5-2)15(19)18-14(17-12)11-8-6-10(3)7-9-11/h6-9H,4-5H2,1-3H3,(H,17,18,19). The quantitative estimate of drug-likeness (QED) is 0.878. The van der Waals surface area contributed by atoms with Gasteiger partial charge in [-0.3, -0.25) is 4.79 Å². The predicted molar refractivity (Wildman–Crippen MR) is 82.1 cm³/mol. The van der Waals surface area contributed by atoms with E-state index >= 15 is 0 Å². The van der Waals surface area contributed by atoms with E-state index in [0.29, 0.717) is 17.9 Å². The fourth-order valence-electron chi connectivity index (χ4n) is 1.93. The van der Waals surface area contributed by atoms with Crippen molar-refractivity contribution >= 4 is 6.16 Å². The molecule has 2 aromatic rings. The minimum absolute atomic E-state index is 0.114. The van der Waals surface area contributed by atoms with Crippen molar-refractivity contribution < 1.29 is 14.3 Å². The summed E-state index contributed by atoms with van der Waals surface area (Å²) in [5, 5.41) is 0. The van der Waals surface area contributed by atoms with Crippen LogP contribution in [0.3, 0.4) is 0 Å². The summed E-state index contributed by atoms with van der Waals surface area (Å²) < 4.78 is 9.64. The molecule has 116 valence electrons. The van der Waals surface area contributed by atoms with Crippen LogP contribution in [0.5, 0.6) is 5.75 Å². The molecule has 1 aromatic carbocycles. The lowest BCUT2D eigenvalue weighted by Gasteiger charge is -2.09. The molecule has 0 aliphatic rings. The second kappa shape index (κ2) is 6.89. The Morgan fingerprint density at radius 3 is 2.50 bits per heavy atom. The van der Waals surface area contributed by atoms with Crippen molar-refractivity contribution in [3.63, 3.8) is 0 Å². The monoisotopic (exact) mass is 302 g/mol. The van der Waals surface area contributed by atoms with E-state index in [0.717, 1.165) is 11.1 Å². The third-order valence-electron chi connectivity index (χ3n) is 3.05. The van der Waals surface area contributed by atoms with E-state index in [-0.39, 0.29) is 12.4 Å². The van der Waals surface area contributed by atoms with Gasteiger partial charge in [-0.05, 0) is 20.3 Å². The van der Waals surface area contributed by atoms with E-state index in [1.54, 1.807) is 6.92 Å². The van der Waals surface area contributed by atoms with Gasteiger partial charge in [0, 0.05) is 5.56 Å². The van der Waals surface area contributed by atoms with Gasteiger partial charge in [-0.1, -0.05) is 36.8 Å². The molecule has 6 heteroatoms. The molecule has 0 aliphatic carbocycles. The van der Waals surface area contributed by atoms with Gasteiger partial charge in [-0.15, -0.1) is 0 Å². The minimum Gasteiger partial charge on any atom is -0.434 e. The third-order valence-corrected chi connectivity index (χ3v) is 3.05. The summed E-state index contributed by atoms with van der Waals surface area (Å²) in [6.45, 7) is 5.64. The highest BCUT2D eigenvalue weighted by molar-refractivity contribution is 5.64. The van der Waals surface area contributed by atoms with Gasteiger partial charge in [0.25, 0.3) is 5.56 Å². The average Bonchev–Trinajstić information content (AvgIpc) is 2.50. The van der Waals surface area contributed by atoms with E-state index in [1.807, 2.05) is 38.1 Å². The summed E-state index contributed by atoms with van der Waals surface area (Å²) in [7, 11) is 0. The van der Waals surface area contributed by atoms with Gasteiger partial charge in [-0.25, -0.2) is 9.78 Å². The summed E-state index contributed by atoms with van der Waals surface area (Å²) in [6, 6.07) is 7.62. The molecule has 0 bridgehead atoms. The van der Waals surface area contributed by atoms with Crippen LogP contribution >= 0.6 is 0 Å². The normalized spacial score (nSPS) is 10.3. The highest BCUT2D eigenvalue weighted by Gasteiger charge is 2.16. The molecule has 1 heterocycles. The first kappa shape index (κ1) is 15.8. The number of ether oxygens (including phenoxy) is 2. The maximum absolute atomic E-state index is 12.2. The van der Waals surface area contributed by atoms with Crippen LogP contribution in [0.2, 0.25) is 0 Å². The largest absolute Gasteiger partial charge is 0.514 e. The molecule has 0 spiro atoms. The molecule has 0 saturated heterocycles. The fraction of sp³-hybridized carbons (Fsp3) is 0.312. The van der Waals surface area contributed by atoms with Crippen molar-refractivity contribution in [3.8, 4) is 17.1 Å². The van der Waals surface area contributed by atoms with Crippen LogP contribution < -0.4 is 10.3 Å². The van der Waals surface area contributed by atoms with E-state index in [2.05, 4.69) is 14.7 Å². The fourth-order valence-corrected chi connectivity index (χ4v) is 1.93. The highest BCUT2D eigenvalue weighted by Crippen LogP contribution is 2.19. The van der Waals surface area contributed by atoms with Crippen LogP contribution in [0.15, 0.2) is 29.1 Å². The van der Waals surface area contributed by atoms with Gasteiger partial charge in [0.15, 0.2) is 0 Å². The SMILES string of the molecule is CCOC(=O)Oc1c(CC)nc(-c2ccc(C)cc2)[nH]c1=O. The molecule has 0 atom stereocenters. The zero-order chi connectivity index (χ0) is 16.1. The molecule has 6 nitrogen and oxygen atoms in total. The number of hydrogen-bond donors (Lipinski definition) is 1. The molecule has 0 amide bonds. The average molecular weight is 302 g/mol. The second-order valence-corrected chi connectivity index (χ2v) is 4.70. The lowest BCUT2D eigenvalue weighted by molar-refractivity contribution is 0.103. The maximum Gasteiger partial charge on any atom is 0.514 e. The Morgan fingerprint density at radius 2 is 1.91 bits per heavy atom. The van der Waals surface area contributed by atoms with Crippen molar-refractivity contribution in [1.82, 2.24) is 9.97 Å². The van der Waals surface area contributed by atoms with Gasteiger partial charge in [-0.2, -0.15) is 0 Å². The van der Waals surface area contributed by atoms with Gasteiger partial charge in [0.1, 0.15) is 5.82 Å². The number of carbonyl (C=O) groups excluding carboxylic acids is 1. The first-order valence-electron chi connectivity index (χ1n) is 7.10. The lowest BCUT2D eigenvalue weighted by Crippen LogP contribution is -2.21. The van der Waals surface area contributed by atoms with E-state index in [4.69, 9.17) is 4.74 Å². The van der Waals surface area contributed by atoms with E-state index < -0.39 is 11.7 Å². The molecule has 0 fully saturated rings. The Kier molecular flexibility index (Phi) is 4.93. The summed E-state index contributed by atoms with van der Waals surface area (Å²) in [6.07, 6.45) is -0.454. The van der Waals surface area contributed by atoms with Crippen molar-refractivity contribution in [2.24, 2.45) is 0 Å². The molecule has 1 aromatic heterocycles. The Morgan fingerprint density at radius 1 is 1.23 bits per heavy atom. The second-order valence-electron chi connectivity index (χ2n) is 4.70. The number of aromatic amines is 1. The number of hydrogen-bond acceptors (Lipinski definition) is 5. The number of benzene rings is 1. The van der Waals surface area contributed by atoms with Gasteiger partial charge >= 0.3 is 6.16 Å². The molecule has 0 saturated carbocycles. The molecular formula is C16H18N2O4. The zero-order valence-corrected chi connectivity index (χ0v) is 12.8. The Balaban J connectivity index is 2.41. The summed E-state index contributed by atoms with van der Waals surface area (Å²) in [5.74, 6) is 0.329. The van der Waals surface area contributed by atoms with Crippen LogP contribution in [0, 0.1) is 6.92 Å². The Hall–Kier alpha value is -2.63. The summed E-state index contributed by atoms with van der Waals surface area (Å²) in [5.41, 5.74) is 1.81. The number of carbonyl (C=O) groups is 1. The Labute approximate surface area is 128 Å². The van der Waals surface area contributed by atoms with Gasteiger partial charge in [0.2, 0.25) is 5.75 Å². The van der Waals surface area contributed by atoms with Crippen molar-refractivity contribution in [2.75, 3.05) is 6.61 Å². The van der Waals surface area contributed by atoms with Crippen molar-refractivity contribution in [1.29, 1.82) is 0 Å². The number of nitrogens with zero attached hydrogens (tertiary/aromatic N) is 1. The first-order chi connectivity index (χ1) is 10.5. The number of nitrogens with one attached hydrogen (secondary N) is 1. The molecule has 0 radical (unpaired) electrons. The Bertz CT molecular complexity index is 720. The van der Waals surface area contributed by atoms with Crippen LogP contribution in [-0.2, 0) is 11.2 Å². The van der Waals surface area contributed by atoms with E-state index in [1.165, 1.54) is 0 Å². The minimum atomic E-state index is -0.910. The number of aryl methyl sites for hydroxylation is 2. The van der Waals surface area contributed by atoms with Crippen molar-refractivity contribution in [3.05, 3.63) is 45.9 Å². The topological polar surface area (TPSA) is 81.3 Å². The number of aromatic nitrogens is 2. The highest BCUT2D eigenvalue weighted by atomic mass is 16.7. The smallest absolute Gasteiger partial charge is 0.434 e. The van der Waals surface area contributed by atoms with Gasteiger partial charge in [0.05, 0.1) is 12.3 Å². The number of H-pyrrole nitrogens is 1. The molecule has 22 heavy (non-hydrogen) atoms. The van der Waals surface area contributed by atoms with Crippen LogP contribution in [0.25, 0.3) is 11.4 Å². The van der Waals surface area contributed by atoms with Crippen LogP contribution in [0.1, 0.15) is 25.1 Å². The van der Waals surface area contributed by atoms with Crippen LogP contribution in [-0.4, -0.2) is 22.7 Å². The molecule has 0 unspecified atom stereocenters. The maximum atomic E-state index is 12.2. The predicted octanol–water partition coefficient (Wildman–Crippen LogP) is 2.84. The zero-order valence-electron chi connectivity index (χ0n) is 12.8. The molecule has 0 aliphatic heterocycles. The van der Waals surface area contributed by atoms with Crippen LogP contribution in [0.4, 0.5) is 4.79 Å². The molecular weight excluding hydrogens is 284 g/mol. The molecule has 2 rings (SSSR count). The summed E-state index contributed by atoms with van der Waals surface area (Å²) >= 11 is 0. The number of rotatable bonds is 4. The third kappa shape index (κ3) is 3.52.